The number of nitrogens with zero attached hydrogens (tertiary/aromatic N) is 1. The number of aryl methyl sites for hydroxylation is 1. The molecule has 0 saturated carbocycles. The molecule has 0 bridgehead atoms. The summed E-state index contributed by atoms with van der Waals surface area (Å²) in [6.07, 6.45) is 1.53. The Morgan fingerprint density at radius 1 is 1.50 bits per heavy atom. The lowest BCUT2D eigenvalue weighted by Gasteiger charge is -1.98. The highest BCUT2D eigenvalue weighted by Gasteiger charge is 2.16. The molecule has 2 rings (SSSR count). The first-order valence-corrected chi connectivity index (χ1v) is 8.00. The van der Waals surface area contributed by atoms with Gasteiger partial charge < -0.3 is 5.11 Å². The van der Waals surface area contributed by atoms with E-state index in [2.05, 4.69) is 4.98 Å². The molecule has 2 aromatic rings. The Kier molecular flexibility index (Phi) is 5.14. The second-order valence-electron chi connectivity index (χ2n) is 4.18. The summed E-state index contributed by atoms with van der Waals surface area (Å²) >= 11 is 2.66. The van der Waals surface area contributed by atoms with Gasteiger partial charge in [0.15, 0.2) is 0 Å². The van der Waals surface area contributed by atoms with Crippen molar-refractivity contribution in [2.45, 2.75) is 30.4 Å². The van der Waals surface area contributed by atoms with Crippen molar-refractivity contribution in [3.63, 3.8) is 0 Å². The van der Waals surface area contributed by atoms with E-state index in [4.69, 9.17) is 5.11 Å². The molecule has 1 heterocycles. The maximum Gasteiger partial charge on any atom is 0.347 e. The summed E-state index contributed by atoms with van der Waals surface area (Å²) in [7, 11) is 0. The van der Waals surface area contributed by atoms with Gasteiger partial charge in [0, 0.05) is 4.90 Å². The lowest BCUT2D eigenvalue weighted by molar-refractivity contribution is 0.0700. The number of aromatic carboxylic acids is 1. The first-order chi connectivity index (χ1) is 9.60. The average Bonchev–Trinajstić information content (AvgIpc) is 2.80. The number of carboxylic acids is 1. The monoisotopic (exact) mass is 311 g/mol. The topological polar surface area (TPSA) is 50.2 Å². The fraction of sp³-hybridized carbons (Fsp3) is 0.286. The molecule has 20 heavy (non-hydrogen) atoms. The average molecular weight is 311 g/mol. The number of halogens is 1. The van der Waals surface area contributed by atoms with Crippen LogP contribution in [0.3, 0.4) is 0 Å². The van der Waals surface area contributed by atoms with Crippen molar-refractivity contribution in [1.82, 2.24) is 4.98 Å². The molecular weight excluding hydrogens is 297 g/mol. The van der Waals surface area contributed by atoms with Crippen molar-refractivity contribution in [2.75, 3.05) is 0 Å². The van der Waals surface area contributed by atoms with Gasteiger partial charge in [0.25, 0.3) is 0 Å². The number of thiazole rings is 1. The van der Waals surface area contributed by atoms with Crippen LogP contribution in [0.4, 0.5) is 4.39 Å². The molecule has 0 aliphatic carbocycles. The number of hydrogen-bond donors (Lipinski definition) is 1. The number of carbonyl (C=O) groups is 1. The van der Waals surface area contributed by atoms with Gasteiger partial charge in [-0.15, -0.1) is 23.1 Å². The van der Waals surface area contributed by atoms with Crippen LogP contribution in [0.2, 0.25) is 0 Å². The molecule has 6 heteroatoms. The Morgan fingerprint density at radius 2 is 2.30 bits per heavy atom. The van der Waals surface area contributed by atoms with Crippen molar-refractivity contribution in [2.24, 2.45) is 0 Å². The maximum atomic E-state index is 13.1. The Hall–Kier alpha value is -1.40. The molecule has 0 radical (unpaired) electrons. The Labute approximate surface area is 124 Å². The fourth-order valence-corrected chi connectivity index (χ4v) is 3.62. The summed E-state index contributed by atoms with van der Waals surface area (Å²) < 4.78 is 13.1. The molecule has 0 aliphatic heterocycles. The van der Waals surface area contributed by atoms with Crippen LogP contribution in [0, 0.1) is 5.82 Å². The summed E-state index contributed by atoms with van der Waals surface area (Å²) in [5, 5.41) is 9.91. The number of hydrogen-bond acceptors (Lipinski definition) is 4. The Bertz CT molecular complexity index is 613. The zero-order valence-electron chi connectivity index (χ0n) is 10.9. The van der Waals surface area contributed by atoms with Crippen LogP contribution >= 0.6 is 23.1 Å². The maximum absolute atomic E-state index is 13.1. The van der Waals surface area contributed by atoms with Crippen LogP contribution in [0.15, 0.2) is 29.2 Å². The number of benzene rings is 1. The van der Waals surface area contributed by atoms with Crippen LogP contribution in [-0.4, -0.2) is 16.1 Å². The van der Waals surface area contributed by atoms with Gasteiger partial charge in [-0.1, -0.05) is 19.4 Å². The molecule has 1 aromatic carbocycles. The van der Waals surface area contributed by atoms with Gasteiger partial charge in [-0.25, -0.2) is 14.2 Å². The highest BCUT2D eigenvalue weighted by atomic mass is 32.2. The van der Waals surface area contributed by atoms with Crippen molar-refractivity contribution < 1.29 is 14.3 Å². The molecule has 1 aromatic heterocycles. The van der Waals surface area contributed by atoms with Crippen LogP contribution in [0.5, 0.6) is 0 Å². The van der Waals surface area contributed by atoms with E-state index >= 15 is 0 Å². The lowest BCUT2D eigenvalue weighted by Crippen LogP contribution is -1.98. The molecule has 0 atom stereocenters. The van der Waals surface area contributed by atoms with E-state index in [-0.39, 0.29) is 5.82 Å². The second-order valence-corrected chi connectivity index (χ2v) is 6.32. The van der Waals surface area contributed by atoms with Crippen LogP contribution in [-0.2, 0) is 12.2 Å². The van der Waals surface area contributed by atoms with Gasteiger partial charge in [0.05, 0.1) is 11.4 Å². The molecule has 0 saturated heterocycles. The molecule has 0 spiro atoms. The van der Waals surface area contributed by atoms with Crippen molar-refractivity contribution in [1.29, 1.82) is 0 Å². The van der Waals surface area contributed by atoms with E-state index < -0.39 is 5.97 Å². The summed E-state index contributed by atoms with van der Waals surface area (Å²) in [6, 6.07) is 6.34. The third-order valence-electron chi connectivity index (χ3n) is 2.58. The van der Waals surface area contributed by atoms with Crippen LogP contribution in [0.1, 0.15) is 33.7 Å². The minimum atomic E-state index is -0.923. The van der Waals surface area contributed by atoms with Gasteiger partial charge in [0.1, 0.15) is 15.7 Å². The van der Waals surface area contributed by atoms with Gasteiger partial charge in [-0.05, 0) is 24.6 Å². The van der Waals surface area contributed by atoms with E-state index in [0.717, 1.165) is 16.3 Å². The van der Waals surface area contributed by atoms with Crippen molar-refractivity contribution in [3.05, 3.63) is 45.7 Å². The number of carboxylic acid groups (broad SMARTS) is 1. The zero-order valence-corrected chi connectivity index (χ0v) is 12.6. The predicted molar refractivity (Wildman–Crippen MR) is 79.0 cm³/mol. The first-order valence-electron chi connectivity index (χ1n) is 6.20. The largest absolute Gasteiger partial charge is 0.477 e. The standard InChI is InChI=1S/C14H14FNO2S2/c1-2-4-11-13(14(17)18)20-12(16-11)8-19-10-6-3-5-9(15)7-10/h3,5-7H,2,4,8H2,1H3,(H,17,18). The lowest BCUT2D eigenvalue weighted by atomic mass is 10.2. The minimum absolute atomic E-state index is 0.271. The molecule has 1 N–H and O–H groups in total. The second kappa shape index (κ2) is 6.85. The summed E-state index contributed by atoms with van der Waals surface area (Å²) in [6.45, 7) is 1.99. The SMILES string of the molecule is CCCc1nc(CSc2cccc(F)c2)sc1C(=O)O. The van der Waals surface area contributed by atoms with Gasteiger partial charge in [0.2, 0.25) is 0 Å². The molecule has 0 amide bonds. The number of aromatic nitrogens is 1. The minimum Gasteiger partial charge on any atom is -0.477 e. The van der Waals surface area contributed by atoms with Gasteiger partial charge in [-0.3, -0.25) is 0 Å². The van der Waals surface area contributed by atoms with E-state index in [1.54, 1.807) is 6.07 Å². The highest BCUT2D eigenvalue weighted by Crippen LogP contribution is 2.28. The Balaban J connectivity index is 2.09. The molecule has 0 fully saturated rings. The summed E-state index contributed by atoms with van der Waals surface area (Å²) in [5.41, 5.74) is 0.653. The van der Waals surface area contributed by atoms with E-state index in [1.807, 2.05) is 13.0 Å². The molecule has 0 aliphatic rings. The fourth-order valence-electron chi connectivity index (χ4n) is 1.74. The van der Waals surface area contributed by atoms with Crippen molar-refractivity contribution in [3.8, 4) is 0 Å². The van der Waals surface area contributed by atoms with Gasteiger partial charge in [-0.2, -0.15) is 0 Å². The summed E-state index contributed by atoms with van der Waals surface area (Å²) in [4.78, 5) is 16.7. The smallest absolute Gasteiger partial charge is 0.347 e. The van der Waals surface area contributed by atoms with Gasteiger partial charge >= 0.3 is 5.97 Å². The quantitative estimate of drug-likeness (QED) is 0.811. The normalized spacial score (nSPS) is 10.7. The van der Waals surface area contributed by atoms with Crippen LogP contribution < -0.4 is 0 Å². The van der Waals surface area contributed by atoms with Crippen LogP contribution in [0.25, 0.3) is 0 Å². The molecular formula is C14H14FNO2S2. The highest BCUT2D eigenvalue weighted by molar-refractivity contribution is 7.98. The molecule has 0 unspecified atom stereocenters. The number of thioether (sulfide) groups is 1. The van der Waals surface area contributed by atoms with E-state index in [9.17, 15) is 9.18 Å². The predicted octanol–water partition coefficient (Wildman–Crippen LogP) is 4.23. The summed E-state index contributed by atoms with van der Waals surface area (Å²) in [5.74, 6) is -0.641. The third kappa shape index (κ3) is 3.80. The Morgan fingerprint density at radius 3 is 2.95 bits per heavy atom. The van der Waals surface area contributed by atoms with E-state index in [1.165, 1.54) is 35.2 Å². The van der Waals surface area contributed by atoms with Crippen molar-refractivity contribution >= 4 is 29.1 Å². The zero-order chi connectivity index (χ0) is 14.5. The number of rotatable bonds is 6. The molecule has 106 valence electrons. The third-order valence-corrected chi connectivity index (χ3v) is 4.85. The molecule has 3 nitrogen and oxygen atoms in total. The first kappa shape index (κ1) is 15.0. The van der Waals surface area contributed by atoms with E-state index in [0.29, 0.717) is 22.7 Å².